The van der Waals surface area contributed by atoms with Crippen LogP contribution in [0.3, 0.4) is 0 Å². The Labute approximate surface area is 123 Å². The van der Waals surface area contributed by atoms with Crippen LogP contribution in [0.2, 0.25) is 10.0 Å². The van der Waals surface area contributed by atoms with Crippen LogP contribution in [0.15, 0.2) is 24.4 Å². The van der Waals surface area contributed by atoms with Gasteiger partial charge in [0, 0.05) is 28.9 Å². The van der Waals surface area contributed by atoms with Gasteiger partial charge in [-0.15, -0.1) is 0 Å². The van der Waals surface area contributed by atoms with Gasteiger partial charge in [0.1, 0.15) is 0 Å². The molecule has 0 bridgehead atoms. The van der Waals surface area contributed by atoms with E-state index in [1.807, 2.05) is 23.9 Å². The highest BCUT2D eigenvalue weighted by Crippen LogP contribution is 2.25. The molecule has 0 aliphatic rings. The first-order valence-corrected chi connectivity index (χ1v) is 6.97. The van der Waals surface area contributed by atoms with Crippen molar-refractivity contribution in [2.45, 2.75) is 33.4 Å². The minimum absolute atomic E-state index is 0.442. The highest BCUT2D eigenvalue weighted by atomic mass is 35.5. The molecule has 0 spiro atoms. The van der Waals surface area contributed by atoms with E-state index in [9.17, 15) is 0 Å². The molecule has 19 heavy (non-hydrogen) atoms. The summed E-state index contributed by atoms with van der Waals surface area (Å²) in [6.07, 6.45) is 1.86. The van der Waals surface area contributed by atoms with Gasteiger partial charge in [-0.3, -0.25) is 0 Å². The monoisotopic (exact) mass is 297 g/mol. The number of hydrogen-bond acceptors (Lipinski definition) is 2. The molecule has 0 saturated carbocycles. The maximum absolute atomic E-state index is 6.20. The predicted octanol–water partition coefficient (Wildman–Crippen LogP) is 3.99. The summed E-state index contributed by atoms with van der Waals surface area (Å²) in [5.74, 6) is 0. The number of nitrogens with zero attached hydrogens (tertiary/aromatic N) is 2. The zero-order chi connectivity index (χ0) is 14.0. The van der Waals surface area contributed by atoms with E-state index in [0.29, 0.717) is 16.1 Å². The van der Waals surface area contributed by atoms with Crippen molar-refractivity contribution in [3.8, 4) is 5.69 Å². The van der Waals surface area contributed by atoms with Crippen LogP contribution in [0.25, 0.3) is 5.69 Å². The van der Waals surface area contributed by atoms with Crippen molar-refractivity contribution >= 4 is 23.2 Å². The normalized spacial score (nSPS) is 11.3. The van der Waals surface area contributed by atoms with Crippen molar-refractivity contribution in [1.29, 1.82) is 0 Å². The zero-order valence-corrected chi connectivity index (χ0v) is 12.8. The molecule has 0 saturated heterocycles. The van der Waals surface area contributed by atoms with Crippen molar-refractivity contribution in [3.05, 3.63) is 45.7 Å². The first kappa shape index (κ1) is 14.4. The predicted molar refractivity (Wildman–Crippen MR) is 80.3 cm³/mol. The Morgan fingerprint density at radius 2 is 2.05 bits per heavy atom. The fraction of sp³-hybridized carbons (Fsp3) is 0.357. The fourth-order valence-corrected chi connectivity index (χ4v) is 2.19. The maximum Gasteiger partial charge on any atom is 0.0849 e. The second kappa shape index (κ2) is 5.95. The van der Waals surface area contributed by atoms with Gasteiger partial charge < -0.3 is 5.32 Å². The number of hydrogen-bond donors (Lipinski definition) is 1. The highest BCUT2D eigenvalue weighted by molar-refractivity contribution is 6.34. The van der Waals surface area contributed by atoms with Crippen molar-refractivity contribution < 1.29 is 0 Å². The first-order valence-electron chi connectivity index (χ1n) is 6.21. The summed E-state index contributed by atoms with van der Waals surface area (Å²) >= 11 is 12.2. The summed E-state index contributed by atoms with van der Waals surface area (Å²) in [5.41, 5.74) is 3.03. The molecular formula is C14H17Cl2N3. The molecule has 2 aromatic rings. The van der Waals surface area contributed by atoms with Crippen LogP contribution in [0, 0.1) is 6.92 Å². The molecule has 0 aliphatic carbocycles. The standard InChI is InChI=1S/C14H17Cl2N3/c1-9(2)17-7-11-8-18-19(10(11)3)14-6-12(15)4-5-13(14)16/h4-6,8-9,17H,7H2,1-3H3. The Balaban J connectivity index is 2.33. The van der Waals surface area contributed by atoms with Gasteiger partial charge in [-0.05, 0) is 25.1 Å². The highest BCUT2D eigenvalue weighted by Gasteiger charge is 2.11. The number of halogens is 2. The largest absolute Gasteiger partial charge is 0.310 e. The molecule has 5 heteroatoms. The molecule has 1 N–H and O–H groups in total. The van der Waals surface area contributed by atoms with Gasteiger partial charge in [-0.2, -0.15) is 5.10 Å². The van der Waals surface area contributed by atoms with Gasteiger partial charge in [0.15, 0.2) is 0 Å². The van der Waals surface area contributed by atoms with Crippen molar-refractivity contribution in [2.24, 2.45) is 0 Å². The molecule has 1 heterocycles. The van der Waals surface area contributed by atoms with Gasteiger partial charge in [0.2, 0.25) is 0 Å². The van der Waals surface area contributed by atoms with Crippen LogP contribution in [-0.2, 0) is 6.54 Å². The number of rotatable bonds is 4. The summed E-state index contributed by atoms with van der Waals surface area (Å²) in [6.45, 7) is 7.06. The lowest BCUT2D eigenvalue weighted by molar-refractivity contribution is 0.587. The van der Waals surface area contributed by atoms with Crippen LogP contribution in [0.1, 0.15) is 25.1 Å². The molecule has 0 radical (unpaired) electrons. The Morgan fingerprint density at radius 3 is 2.74 bits per heavy atom. The van der Waals surface area contributed by atoms with Crippen LogP contribution in [-0.4, -0.2) is 15.8 Å². The minimum atomic E-state index is 0.442. The van der Waals surface area contributed by atoms with Gasteiger partial charge in [-0.25, -0.2) is 4.68 Å². The number of aromatic nitrogens is 2. The number of benzene rings is 1. The molecule has 0 unspecified atom stereocenters. The molecule has 1 aromatic heterocycles. The van der Waals surface area contributed by atoms with E-state index in [4.69, 9.17) is 23.2 Å². The molecule has 0 aliphatic heterocycles. The summed E-state index contributed by atoms with van der Waals surface area (Å²) in [4.78, 5) is 0. The van der Waals surface area contributed by atoms with Crippen molar-refractivity contribution in [2.75, 3.05) is 0 Å². The quantitative estimate of drug-likeness (QED) is 0.925. The van der Waals surface area contributed by atoms with Gasteiger partial charge in [0.25, 0.3) is 0 Å². The van der Waals surface area contributed by atoms with Crippen molar-refractivity contribution in [1.82, 2.24) is 15.1 Å². The van der Waals surface area contributed by atoms with Gasteiger partial charge in [-0.1, -0.05) is 37.0 Å². The molecule has 0 amide bonds. The first-order chi connectivity index (χ1) is 8.99. The third-order valence-electron chi connectivity index (χ3n) is 2.95. The van der Waals surface area contributed by atoms with E-state index in [1.54, 1.807) is 12.1 Å². The lowest BCUT2D eigenvalue weighted by Gasteiger charge is -2.10. The molecular weight excluding hydrogens is 281 g/mol. The van der Waals surface area contributed by atoms with Crippen LogP contribution in [0.4, 0.5) is 0 Å². The van der Waals surface area contributed by atoms with E-state index in [1.165, 1.54) is 0 Å². The van der Waals surface area contributed by atoms with Gasteiger partial charge >= 0.3 is 0 Å². The minimum Gasteiger partial charge on any atom is -0.310 e. The smallest absolute Gasteiger partial charge is 0.0849 e. The van der Waals surface area contributed by atoms with E-state index in [0.717, 1.165) is 23.5 Å². The second-order valence-electron chi connectivity index (χ2n) is 4.80. The summed E-state index contributed by atoms with van der Waals surface area (Å²) in [5, 5.41) is 9.07. The second-order valence-corrected chi connectivity index (χ2v) is 5.64. The van der Waals surface area contributed by atoms with Gasteiger partial charge in [0.05, 0.1) is 16.9 Å². The summed E-state index contributed by atoms with van der Waals surface area (Å²) in [7, 11) is 0. The average molecular weight is 298 g/mol. The number of nitrogens with one attached hydrogen (secondary N) is 1. The van der Waals surface area contributed by atoms with E-state index < -0.39 is 0 Å². The topological polar surface area (TPSA) is 29.9 Å². The van der Waals surface area contributed by atoms with E-state index in [2.05, 4.69) is 24.3 Å². The lowest BCUT2D eigenvalue weighted by Crippen LogP contribution is -2.22. The fourth-order valence-electron chi connectivity index (χ4n) is 1.82. The SMILES string of the molecule is Cc1c(CNC(C)C)cnn1-c1cc(Cl)ccc1Cl. The molecule has 1 aromatic carbocycles. The van der Waals surface area contributed by atoms with E-state index >= 15 is 0 Å². The average Bonchev–Trinajstić information content (AvgIpc) is 2.71. The summed E-state index contributed by atoms with van der Waals surface area (Å²) in [6, 6.07) is 5.82. The lowest BCUT2D eigenvalue weighted by atomic mass is 10.2. The summed E-state index contributed by atoms with van der Waals surface area (Å²) < 4.78 is 1.82. The van der Waals surface area contributed by atoms with Crippen LogP contribution >= 0.6 is 23.2 Å². The molecule has 0 fully saturated rings. The third-order valence-corrected chi connectivity index (χ3v) is 3.50. The Morgan fingerprint density at radius 1 is 1.32 bits per heavy atom. The van der Waals surface area contributed by atoms with Crippen molar-refractivity contribution in [3.63, 3.8) is 0 Å². The van der Waals surface area contributed by atoms with Crippen LogP contribution in [0.5, 0.6) is 0 Å². The molecule has 3 nitrogen and oxygen atoms in total. The molecule has 102 valence electrons. The Hall–Kier alpha value is -1.03. The third kappa shape index (κ3) is 3.30. The zero-order valence-electron chi connectivity index (χ0n) is 11.2. The molecule has 2 rings (SSSR count). The van der Waals surface area contributed by atoms with Crippen LogP contribution < -0.4 is 5.32 Å². The molecule has 0 atom stereocenters. The van der Waals surface area contributed by atoms with E-state index in [-0.39, 0.29) is 0 Å². The Bertz CT molecular complexity index is 576. The Kier molecular flexibility index (Phi) is 4.50. The maximum atomic E-state index is 6.20.